The summed E-state index contributed by atoms with van der Waals surface area (Å²) in [5.74, 6) is 0. The number of halogens is 2. The van der Waals surface area contributed by atoms with E-state index in [1.54, 1.807) is 12.1 Å². The number of aliphatic hydroxyl groups is 1. The molecule has 3 aromatic rings. The Balaban J connectivity index is 1.48. The molecular formula is C25H29Cl2NO2. The first-order chi connectivity index (χ1) is 14.2. The van der Waals surface area contributed by atoms with Crippen LogP contribution in [0.2, 0.25) is 10.0 Å². The van der Waals surface area contributed by atoms with Gasteiger partial charge in [-0.1, -0.05) is 71.7 Å². The van der Waals surface area contributed by atoms with Gasteiger partial charge in [0.1, 0.15) is 0 Å². The molecule has 0 saturated carbocycles. The first-order valence-corrected chi connectivity index (χ1v) is 11.0. The first kappa shape index (κ1) is 23.1. The number of ether oxygens (including phenoxy) is 1. The summed E-state index contributed by atoms with van der Waals surface area (Å²) in [6, 6.07) is 20.4. The van der Waals surface area contributed by atoms with Gasteiger partial charge in [-0.25, -0.2) is 0 Å². The average Bonchev–Trinajstić information content (AvgIpc) is 2.72. The summed E-state index contributed by atoms with van der Waals surface area (Å²) in [7, 11) is 0. The van der Waals surface area contributed by atoms with Gasteiger partial charge in [-0.05, 0) is 61.2 Å². The maximum Gasteiger partial charge on any atom is 0.0898 e. The van der Waals surface area contributed by atoms with Crippen molar-refractivity contribution in [2.24, 2.45) is 0 Å². The fraction of sp³-hybridized carbons (Fsp3) is 0.360. The van der Waals surface area contributed by atoms with Crippen LogP contribution in [-0.2, 0) is 11.2 Å². The van der Waals surface area contributed by atoms with Crippen LogP contribution in [0.3, 0.4) is 0 Å². The quantitative estimate of drug-likeness (QED) is 0.412. The minimum atomic E-state index is -0.605. The van der Waals surface area contributed by atoms with Gasteiger partial charge in [-0.2, -0.15) is 0 Å². The maximum absolute atomic E-state index is 10.4. The summed E-state index contributed by atoms with van der Waals surface area (Å²) >= 11 is 12.0. The third kappa shape index (κ3) is 6.44. The molecule has 0 aliphatic carbocycles. The molecule has 0 bridgehead atoms. The number of benzene rings is 3. The fourth-order valence-corrected chi connectivity index (χ4v) is 3.80. The van der Waals surface area contributed by atoms with Crippen molar-refractivity contribution in [3.05, 3.63) is 81.8 Å². The van der Waals surface area contributed by atoms with Gasteiger partial charge in [0.2, 0.25) is 0 Å². The molecule has 0 aliphatic rings. The molecular weight excluding hydrogens is 417 g/mol. The average molecular weight is 446 g/mol. The van der Waals surface area contributed by atoms with Gasteiger partial charge < -0.3 is 15.2 Å². The number of hydrogen-bond donors (Lipinski definition) is 2. The van der Waals surface area contributed by atoms with E-state index in [0.717, 1.165) is 12.0 Å². The van der Waals surface area contributed by atoms with Crippen molar-refractivity contribution < 1.29 is 9.84 Å². The Morgan fingerprint density at radius 3 is 2.43 bits per heavy atom. The zero-order chi connectivity index (χ0) is 21.7. The maximum atomic E-state index is 10.4. The van der Waals surface area contributed by atoms with Crippen molar-refractivity contribution in [3.63, 3.8) is 0 Å². The smallest absolute Gasteiger partial charge is 0.0898 e. The van der Waals surface area contributed by atoms with Crippen molar-refractivity contribution in [1.29, 1.82) is 0 Å². The first-order valence-electron chi connectivity index (χ1n) is 10.2. The molecule has 0 aromatic heterocycles. The molecule has 160 valence electrons. The van der Waals surface area contributed by atoms with E-state index in [-0.39, 0.29) is 18.2 Å². The fourth-order valence-electron chi connectivity index (χ4n) is 3.49. The number of fused-ring (bicyclic) bond motifs is 1. The minimum Gasteiger partial charge on any atom is -0.389 e. The summed E-state index contributed by atoms with van der Waals surface area (Å²) in [5.41, 5.74) is 2.05. The zero-order valence-corrected chi connectivity index (χ0v) is 19.2. The second-order valence-electron chi connectivity index (χ2n) is 8.43. The topological polar surface area (TPSA) is 41.5 Å². The molecule has 2 atom stereocenters. The second-order valence-corrected chi connectivity index (χ2v) is 9.24. The van der Waals surface area contributed by atoms with Gasteiger partial charge in [0.25, 0.3) is 0 Å². The number of rotatable bonds is 9. The van der Waals surface area contributed by atoms with E-state index in [2.05, 4.69) is 61.6 Å². The molecule has 0 fully saturated rings. The van der Waals surface area contributed by atoms with Crippen molar-refractivity contribution in [2.75, 3.05) is 13.2 Å². The van der Waals surface area contributed by atoms with E-state index in [1.807, 2.05) is 13.0 Å². The van der Waals surface area contributed by atoms with Crippen LogP contribution < -0.4 is 5.32 Å². The van der Waals surface area contributed by atoms with E-state index in [9.17, 15) is 5.11 Å². The van der Waals surface area contributed by atoms with Crippen molar-refractivity contribution in [1.82, 2.24) is 5.32 Å². The molecule has 3 rings (SSSR count). The lowest BCUT2D eigenvalue weighted by Gasteiger charge is -2.28. The molecule has 2 N–H and O–H groups in total. The van der Waals surface area contributed by atoms with Crippen LogP contribution in [0.25, 0.3) is 10.8 Å². The molecule has 5 heteroatoms. The van der Waals surface area contributed by atoms with E-state index in [0.29, 0.717) is 16.6 Å². The summed E-state index contributed by atoms with van der Waals surface area (Å²) in [5, 5.41) is 17.4. The molecule has 0 aliphatic heterocycles. The third-order valence-electron chi connectivity index (χ3n) is 5.23. The predicted molar refractivity (Wildman–Crippen MR) is 127 cm³/mol. The van der Waals surface area contributed by atoms with Crippen LogP contribution in [-0.4, -0.2) is 29.9 Å². The zero-order valence-electron chi connectivity index (χ0n) is 17.7. The summed E-state index contributed by atoms with van der Waals surface area (Å²) in [6.07, 6.45) is 0.0802. The van der Waals surface area contributed by atoms with E-state index < -0.39 is 6.10 Å². The second kappa shape index (κ2) is 10.1. The van der Waals surface area contributed by atoms with Crippen LogP contribution in [0, 0.1) is 0 Å². The molecule has 0 amide bonds. The molecule has 2 unspecified atom stereocenters. The number of nitrogens with one attached hydrogen (secondary N) is 1. The monoisotopic (exact) mass is 445 g/mol. The number of β-amino-alcohol motifs (C(OH)–C–C–N with tert-alkyl or cyclic N) is 1. The highest BCUT2D eigenvalue weighted by atomic mass is 35.5. The third-order valence-corrected chi connectivity index (χ3v) is 5.97. The predicted octanol–water partition coefficient (Wildman–Crippen LogP) is 6.20. The van der Waals surface area contributed by atoms with Gasteiger partial charge in [-0.15, -0.1) is 0 Å². The van der Waals surface area contributed by atoms with Crippen molar-refractivity contribution >= 4 is 34.0 Å². The Kier molecular flexibility index (Phi) is 7.78. The van der Waals surface area contributed by atoms with Gasteiger partial charge in [0, 0.05) is 12.1 Å². The van der Waals surface area contributed by atoms with E-state index in [4.69, 9.17) is 27.9 Å². The van der Waals surface area contributed by atoms with Crippen LogP contribution in [0.5, 0.6) is 0 Å². The molecule has 0 radical (unpaired) electrons. The number of hydrogen-bond acceptors (Lipinski definition) is 3. The molecule has 0 heterocycles. The summed E-state index contributed by atoms with van der Waals surface area (Å²) < 4.78 is 5.82. The Labute approximate surface area is 189 Å². The van der Waals surface area contributed by atoms with Crippen molar-refractivity contribution in [3.8, 4) is 0 Å². The lowest BCUT2D eigenvalue weighted by atomic mass is 9.93. The Hall–Kier alpha value is -1.62. The molecule has 0 spiro atoms. The molecule has 30 heavy (non-hydrogen) atoms. The van der Waals surface area contributed by atoms with Crippen LogP contribution >= 0.6 is 23.2 Å². The normalized spacial score (nSPS) is 14.1. The molecule has 3 aromatic carbocycles. The largest absolute Gasteiger partial charge is 0.389 e. The molecule has 0 saturated heterocycles. The van der Waals surface area contributed by atoms with Gasteiger partial charge in [-0.3, -0.25) is 0 Å². The van der Waals surface area contributed by atoms with Crippen LogP contribution in [0.1, 0.15) is 38.0 Å². The summed E-state index contributed by atoms with van der Waals surface area (Å²) in [4.78, 5) is 0. The highest BCUT2D eigenvalue weighted by Crippen LogP contribution is 2.27. The number of aliphatic hydroxyl groups excluding tert-OH is 1. The highest BCUT2D eigenvalue weighted by Gasteiger charge is 2.20. The minimum absolute atomic E-state index is 0.154. The van der Waals surface area contributed by atoms with Gasteiger partial charge in [0.05, 0.1) is 28.9 Å². The standard InChI is InChI=1S/C25H29Cl2NO2/c1-17(20-10-11-23(26)24(27)13-20)30-16-22(29)15-28-25(2,3)14-18-8-9-19-6-4-5-7-21(19)12-18/h4-13,17,22,28-29H,14-16H2,1-3H3. The van der Waals surface area contributed by atoms with Gasteiger partial charge in [0.15, 0.2) is 0 Å². The van der Waals surface area contributed by atoms with Crippen molar-refractivity contribution in [2.45, 2.75) is 44.9 Å². The summed E-state index contributed by atoms with van der Waals surface area (Å²) in [6.45, 7) is 6.92. The van der Waals surface area contributed by atoms with Crippen LogP contribution in [0.15, 0.2) is 60.7 Å². The Bertz CT molecular complexity index is 990. The van der Waals surface area contributed by atoms with Crippen LogP contribution in [0.4, 0.5) is 0 Å². The van der Waals surface area contributed by atoms with Gasteiger partial charge >= 0.3 is 0 Å². The lowest BCUT2D eigenvalue weighted by Crippen LogP contribution is -2.46. The Morgan fingerprint density at radius 2 is 1.70 bits per heavy atom. The SMILES string of the molecule is CC(OCC(O)CNC(C)(C)Cc1ccc2ccccc2c1)c1ccc(Cl)c(Cl)c1. The lowest BCUT2D eigenvalue weighted by molar-refractivity contribution is -0.00417. The molecule has 3 nitrogen and oxygen atoms in total. The van der Waals surface area contributed by atoms with E-state index in [1.165, 1.54) is 16.3 Å². The Morgan fingerprint density at radius 1 is 0.967 bits per heavy atom. The van der Waals surface area contributed by atoms with E-state index >= 15 is 0 Å². The highest BCUT2D eigenvalue weighted by molar-refractivity contribution is 6.42.